The third-order valence-electron chi connectivity index (χ3n) is 2.67. The number of aryl methyl sites for hydroxylation is 1. The number of amides is 1. The van der Waals surface area contributed by atoms with Crippen LogP contribution in [0.2, 0.25) is 0 Å². The molecular weight excluding hydrogens is 242 g/mol. The number of hydrogen-bond donors (Lipinski definition) is 3. The van der Waals surface area contributed by atoms with Crippen molar-refractivity contribution >= 4 is 23.3 Å². The molecule has 17 heavy (non-hydrogen) atoms. The molecule has 1 aromatic rings. The maximum atomic E-state index is 11.9. The van der Waals surface area contributed by atoms with E-state index in [0.717, 1.165) is 24.4 Å². The first kappa shape index (κ1) is 11.8. The Balaban J connectivity index is 2.08. The second kappa shape index (κ2) is 4.66. The zero-order valence-electron chi connectivity index (χ0n) is 9.25. The number of nitrogens with one attached hydrogen (secondary N) is 1. The highest BCUT2D eigenvalue weighted by molar-refractivity contribution is 7.08. The number of nitrogens with zero attached hydrogens (tertiary/aromatic N) is 3. The van der Waals surface area contributed by atoms with Crippen molar-refractivity contribution in [3.63, 3.8) is 0 Å². The molecule has 1 amide bonds. The van der Waals surface area contributed by atoms with Gasteiger partial charge in [0.1, 0.15) is 4.88 Å². The lowest BCUT2D eigenvalue weighted by Crippen LogP contribution is -2.46. The van der Waals surface area contributed by atoms with Gasteiger partial charge >= 0.3 is 0 Å². The van der Waals surface area contributed by atoms with Crippen LogP contribution >= 0.6 is 11.5 Å². The predicted molar refractivity (Wildman–Crippen MR) is 62.0 cm³/mol. The zero-order valence-corrected chi connectivity index (χ0v) is 10.1. The minimum atomic E-state index is -0.408. The van der Waals surface area contributed by atoms with Gasteiger partial charge in [-0.25, -0.2) is 0 Å². The van der Waals surface area contributed by atoms with Gasteiger partial charge in [0.25, 0.3) is 5.91 Å². The highest BCUT2D eigenvalue weighted by Gasteiger charge is 2.35. The summed E-state index contributed by atoms with van der Waals surface area (Å²) in [6.07, 6.45) is 1.95. The molecule has 2 rings (SSSR count). The normalized spacial score (nSPS) is 17.8. The predicted octanol–water partition coefficient (Wildman–Crippen LogP) is 0.101. The lowest BCUT2D eigenvalue weighted by atomic mass is 10.1. The summed E-state index contributed by atoms with van der Waals surface area (Å²) in [6.45, 7) is 1.72. The number of rotatable bonds is 4. The first-order valence-corrected chi connectivity index (χ1v) is 5.98. The molecule has 1 atom stereocenters. The second-order valence-corrected chi connectivity index (χ2v) is 4.76. The molecule has 7 nitrogen and oxygen atoms in total. The summed E-state index contributed by atoms with van der Waals surface area (Å²) in [5.74, 6) is 0.0213. The number of hydrogen-bond acceptors (Lipinski definition) is 6. The van der Waals surface area contributed by atoms with Crippen LogP contribution in [0.4, 0.5) is 0 Å². The van der Waals surface area contributed by atoms with Crippen LogP contribution in [-0.4, -0.2) is 32.6 Å². The molecule has 0 radical (unpaired) electrons. The summed E-state index contributed by atoms with van der Waals surface area (Å²) in [7, 11) is 0. The number of amidine groups is 1. The Hall–Kier alpha value is -1.70. The van der Waals surface area contributed by atoms with Gasteiger partial charge in [-0.3, -0.25) is 4.79 Å². The van der Waals surface area contributed by atoms with Crippen LogP contribution in [0, 0.1) is 12.8 Å². The first-order valence-electron chi connectivity index (χ1n) is 5.20. The molecule has 1 unspecified atom stereocenters. The van der Waals surface area contributed by atoms with E-state index in [1.807, 2.05) is 0 Å². The topological polar surface area (TPSA) is 113 Å². The van der Waals surface area contributed by atoms with Gasteiger partial charge in [0.2, 0.25) is 0 Å². The van der Waals surface area contributed by atoms with E-state index in [0.29, 0.717) is 10.6 Å². The Labute approximate surface area is 102 Å². The van der Waals surface area contributed by atoms with E-state index in [1.165, 1.54) is 0 Å². The van der Waals surface area contributed by atoms with Crippen molar-refractivity contribution in [2.75, 3.05) is 0 Å². The fourth-order valence-corrected chi connectivity index (χ4v) is 2.13. The summed E-state index contributed by atoms with van der Waals surface area (Å²) in [6, 6.07) is -0.408. The highest BCUT2D eigenvalue weighted by atomic mass is 32.1. The van der Waals surface area contributed by atoms with E-state index in [4.69, 9.17) is 10.9 Å². The molecule has 0 bridgehead atoms. The number of carbonyl (C=O) groups excluding carboxylic acids is 1. The molecule has 1 aromatic heterocycles. The van der Waals surface area contributed by atoms with Crippen LogP contribution < -0.4 is 11.1 Å². The number of carbonyl (C=O) groups is 1. The molecule has 0 aromatic carbocycles. The molecule has 1 aliphatic rings. The second-order valence-electron chi connectivity index (χ2n) is 4.00. The van der Waals surface area contributed by atoms with Crippen LogP contribution in [0.1, 0.15) is 28.2 Å². The molecule has 0 aliphatic heterocycles. The smallest absolute Gasteiger partial charge is 0.265 e. The fraction of sp³-hybridized carbons (Fsp3) is 0.556. The summed E-state index contributed by atoms with van der Waals surface area (Å²) < 4.78 is 3.70. The monoisotopic (exact) mass is 255 g/mol. The minimum absolute atomic E-state index is 0.0379. The lowest BCUT2D eigenvalue weighted by molar-refractivity contribution is 0.0946. The van der Waals surface area contributed by atoms with Crippen LogP contribution in [-0.2, 0) is 0 Å². The summed E-state index contributed by atoms with van der Waals surface area (Å²) in [5.41, 5.74) is 6.14. The van der Waals surface area contributed by atoms with Crippen molar-refractivity contribution in [2.45, 2.75) is 25.8 Å². The Bertz CT molecular complexity index is 454. The van der Waals surface area contributed by atoms with Gasteiger partial charge in [-0.05, 0) is 37.2 Å². The maximum absolute atomic E-state index is 11.9. The van der Waals surface area contributed by atoms with Gasteiger partial charge in [0.05, 0.1) is 11.7 Å². The fourth-order valence-electron chi connectivity index (χ4n) is 1.57. The molecule has 4 N–H and O–H groups in total. The summed E-state index contributed by atoms with van der Waals surface area (Å²) in [4.78, 5) is 12.4. The lowest BCUT2D eigenvalue weighted by Gasteiger charge is -2.15. The highest BCUT2D eigenvalue weighted by Crippen LogP contribution is 2.33. The van der Waals surface area contributed by atoms with Crippen LogP contribution in [0.15, 0.2) is 5.16 Å². The van der Waals surface area contributed by atoms with E-state index in [1.54, 1.807) is 6.92 Å². The molecule has 8 heteroatoms. The van der Waals surface area contributed by atoms with Gasteiger partial charge in [0.15, 0.2) is 5.84 Å². The van der Waals surface area contributed by atoms with Crippen molar-refractivity contribution in [1.82, 2.24) is 14.9 Å². The Morgan fingerprint density at radius 2 is 2.41 bits per heavy atom. The molecule has 0 saturated heterocycles. The summed E-state index contributed by atoms with van der Waals surface area (Å²) in [5, 5.41) is 18.1. The molecule has 1 heterocycles. The maximum Gasteiger partial charge on any atom is 0.265 e. The average molecular weight is 255 g/mol. The molecule has 1 aliphatic carbocycles. The molecular formula is C9H13N5O2S. The van der Waals surface area contributed by atoms with Crippen molar-refractivity contribution in [1.29, 1.82) is 0 Å². The van der Waals surface area contributed by atoms with Crippen molar-refractivity contribution in [3.8, 4) is 0 Å². The van der Waals surface area contributed by atoms with Gasteiger partial charge in [0, 0.05) is 0 Å². The molecule has 1 fully saturated rings. The first-order chi connectivity index (χ1) is 8.13. The standard InChI is InChI=1S/C9H13N5O2S/c1-4-7(17-14-12-4)9(15)11-6(5-2-3-5)8(10)13-16/h5-6,16H,2-3H2,1H3,(H2,10,13)(H,11,15). The van der Waals surface area contributed by atoms with Gasteiger partial charge < -0.3 is 16.3 Å². The van der Waals surface area contributed by atoms with Crippen LogP contribution in [0.3, 0.4) is 0 Å². The average Bonchev–Trinajstić information content (AvgIpc) is 3.07. The van der Waals surface area contributed by atoms with E-state index < -0.39 is 6.04 Å². The molecule has 1 saturated carbocycles. The van der Waals surface area contributed by atoms with Gasteiger partial charge in [-0.2, -0.15) is 0 Å². The van der Waals surface area contributed by atoms with E-state index in [9.17, 15) is 4.79 Å². The van der Waals surface area contributed by atoms with Crippen LogP contribution in [0.25, 0.3) is 0 Å². The molecule has 0 spiro atoms. The van der Waals surface area contributed by atoms with Crippen molar-refractivity contribution in [2.24, 2.45) is 16.8 Å². The van der Waals surface area contributed by atoms with E-state index in [2.05, 4.69) is 20.1 Å². The number of aromatic nitrogens is 2. The van der Waals surface area contributed by atoms with Gasteiger partial charge in [-0.15, -0.1) is 5.10 Å². The van der Waals surface area contributed by atoms with E-state index in [-0.39, 0.29) is 17.7 Å². The minimum Gasteiger partial charge on any atom is -0.409 e. The third-order valence-corrected chi connectivity index (χ3v) is 3.50. The van der Waals surface area contributed by atoms with Gasteiger partial charge in [-0.1, -0.05) is 9.64 Å². The van der Waals surface area contributed by atoms with Crippen molar-refractivity contribution < 1.29 is 10.0 Å². The van der Waals surface area contributed by atoms with Crippen LogP contribution in [0.5, 0.6) is 0 Å². The summed E-state index contributed by atoms with van der Waals surface area (Å²) >= 11 is 1.03. The third kappa shape index (κ3) is 2.52. The van der Waals surface area contributed by atoms with Crippen molar-refractivity contribution in [3.05, 3.63) is 10.6 Å². The number of oxime groups is 1. The zero-order chi connectivity index (χ0) is 12.4. The SMILES string of the molecule is Cc1nnsc1C(=O)NC(C(N)=NO)C1CC1. The Morgan fingerprint density at radius 1 is 1.71 bits per heavy atom. The molecule has 92 valence electrons. The number of nitrogens with two attached hydrogens (primary N) is 1. The largest absolute Gasteiger partial charge is 0.409 e. The van der Waals surface area contributed by atoms with E-state index >= 15 is 0 Å². The Kier molecular flexibility index (Phi) is 3.23. The Morgan fingerprint density at radius 3 is 2.88 bits per heavy atom. The quantitative estimate of drug-likeness (QED) is 0.305.